The highest BCUT2D eigenvalue weighted by Gasteiger charge is 2.32. The van der Waals surface area contributed by atoms with E-state index >= 15 is 0 Å². The molecule has 0 bridgehead atoms. The molecular weight excluding hydrogens is 506 g/mol. The molecule has 2 unspecified atom stereocenters. The number of ether oxygens (including phenoxy) is 2. The Morgan fingerprint density at radius 1 is 1.06 bits per heavy atom. The molecule has 3 atom stereocenters. The lowest BCUT2D eigenvalue weighted by Gasteiger charge is -2.35. The van der Waals surface area contributed by atoms with E-state index < -0.39 is 22.0 Å². The van der Waals surface area contributed by atoms with Gasteiger partial charge < -0.3 is 9.47 Å². The first kappa shape index (κ1) is 26.6. The molecule has 194 valence electrons. The van der Waals surface area contributed by atoms with Gasteiger partial charge in [0, 0.05) is 24.7 Å². The molecule has 2 aliphatic heterocycles. The van der Waals surface area contributed by atoms with Gasteiger partial charge in [-0.1, -0.05) is 17.7 Å². The van der Waals surface area contributed by atoms with Crippen molar-refractivity contribution in [1.82, 2.24) is 14.7 Å². The van der Waals surface area contributed by atoms with Gasteiger partial charge in [-0.25, -0.2) is 13.5 Å². The van der Waals surface area contributed by atoms with E-state index in [4.69, 9.17) is 21.1 Å². The molecule has 0 radical (unpaired) electrons. The van der Waals surface area contributed by atoms with Crippen LogP contribution in [0.4, 0.5) is 0 Å². The Bertz CT molecular complexity index is 1190. The number of sulfonamides is 1. The van der Waals surface area contributed by atoms with Crippen LogP contribution in [0, 0.1) is 0 Å². The molecular formula is C25H30ClN3O6S. The van der Waals surface area contributed by atoms with Crippen molar-refractivity contribution in [2.24, 2.45) is 0 Å². The minimum atomic E-state index is -4.02. The third-order valence-corrected chi connectivity index (χ3v) is 7.69. The number of hydrogen-bond acceptors (Lipinski definition) is 7. The lowest BCUT2D eigenvalue weighted by Crippen LogP contribution is -2.47. The minimum Gasteiger partial charge on any atom is -0.457 e. The molecule has 9 nitrogen and oxygen atoms in total. The van der Waals surface area contributed by atoms with Crippen LogP contribution < -0.4 is 9.46 Å². The zero-order valence-electron chi connectivity index (χ0n) is 20.1. The zero-order chi connectivity index (χ0) is 25.9. The van der Waals surface area contributed by atoms with E-state index in [1.165, 1.54) is 24.3 Å². The van der Waals surface area contributed by atoms with Gasteiger partial charge in [0.15, 0.2) is 0 Å². The van der Waals surface area contributed by atoms with Gasteiger partial charge in [0.1, 0.15) is 17.5 Å². The van der Waals surface area contributed by atoms with Crippen molar-refractivity contribution < 1.29 is 27.9 Å². The number of morpholine rings is 1. The molecule has 0 spiro atoms. The highest BCUT2D eigenvalue weighted by molar-refractivity contribution is 7.89. The molecule has 2 aromatic carbocycles. The molecule has 36 heavy (non-hydrogen) atoms. The Morgan fingerprint density at radius 2 is 1.64 bits per heavy atom. The van der Waals surface area contributed by atoms with Crippen molar-refractivity contribution in [1.29, 1.82) is 0 Å². The van der Waals surface area contributed by atoms with Crippen molar-refractivity contribution in [3.63, 3.8) is 0 Å². The fraction of sp³-hybridized carbons (Fsp3) is 0.400. The monoisotopic (exact) mass is 535 g/mol. The summed E-state index contributed by atoms with van der Waals surface area (Å²) in [4.78, 5) is 14.9. The second-order valence-corrected chi connectivity index (χ2v) is 11.3. The Hall–Kier alpha value is -2.47. The van der Waals surface area contributed by atoms with Crippen LogP contribution in [0.15, 0.2) is 65.1 Å². The summed E-state index contributed by atoms with van der Waals surface area (Å²) in [6, 6.07) is 11.5. The van der Waals surface area contributed by atoms with Crippen LogP contribution in [0.3, 0.4) is 0 Å². The number of hydroxylamine groups is 2. The Kier molecular flexibility index (Phi) is 8.34. The minimum absolute atomic E-state index is 0.0204. The van der Waals surface area contributed by atoms with Crippen molar-refractivity contribution >= 4 is 27.5 Å². The molecule has 11 heteroatoms. The van der Waals surface area contributed by atoms with Crippen LogP contribution in [0.1, 0.15) is 20.3 Å². The molecule has 2 aliphatic rings. The maximum Gasteiger partial charge on any atom is 0.264 e. The van der Waals surface area contributed by atoms with Crippen LogP contribution in [0.5, 0.6) is 11.5 Å². The second kappa shape index (κ2) is 11.3. The number of carbonyl (C=O) groups excluding carboxylic acids is 1. The molecule has 0 aromatic heterocycles. The van der Waals surface area contributed by atoms with E-state index in [9.17, 15) is 18.4 Å². The number of rotatable bonds is 7. The summed E-state index contributed by atoms with van der Waals surface area (Å²) >= 11 is 5.88. The van der Waals surface area contributed by atoms with Crippen molar-refractivity contribution in [2.75, 3.05) is 26.2 Å². The van der Waals surface area contributed by atoms with E-state index in [2.05, 4.69) is 9.62 Å². The highest BCUT2D eigenvalue weighted by atomic mass is 35.5. The molecule has 1 fully saturated rings. The zero-order valence-corrected chi connectivity index (χ0v) is 21.7. The van der Waals surface area contributed by atoms with Gasteiger partial charge in [-0.2, -0.15) is 4.72 Å². The summed E-state index contributed by atoms with van der Waals surface area (Å²) in [6.07, 6.45) is 2.15. The third kappa shape index (κ3) is 6.84. The Morgan fingerprint density at radius 3 is 2.25 bits per heavy atom. The largest absolute Gasteiger partial charge is 0.457 e. The molecule has 1 amide bonds. The van der Waals surface area contributed by atoms with Crippen molar-refractivity contribution in [2.45, 2.75) is 43.4 Å². The maximum absolute atomic E-state index is 13.0. The van der Waals surface area contributed by atoms with Gasteiger partial charge in [0.2, 0.25) is 10.0 Å². The van der Waals surface area contributed by atoms with Gasteiger partial charge in [-0.15, -0.1) is 0 Å². The number of nitrogens with zero attached hydrogens (tertiary/aromatic N) is 2. The lowest BCUT2D eigenvalue weighted by molar-refractivity contribution is -0.164. The van der Waals surface area contributed by atoms with Crippen molar-refractivity contribution in [3.05, 3.63) is 65.2 Å². The number of amides is 1. The summed E-state index contributed by atoms with van der Waals surface area (Å²) in [6.45, 7) is 6.09. The Balaban J connectivity index is 1.41. The van der Waals surface area contributed by atoms with E-state index in [1.807, 2.05) is 19.9 Å². The lowest BCUT2D eigenvalue weighted by atomic mass is 10.1. The number of halogens is 1. The highest BCUT2D eigenvalue weighted by Crippen LogP contribution is 2.25. The number of carbonyl (C=O) groups is 1. The predicted octanol–water partition coefficient (Wildman–Crippen LogP) is 3.44. The van der Waals surface area contributed by atoms with Gasteiger partial charge >= 0.3 is 0 Å². The maximum atomic E-state index is 13.0. The summed E-state index contributed by atoms with van der Waals surface area (Å²) in [5, 5.41) is 11.5. The molecule has 2 aromatic rings. The molecule has 4 rings (SSSR count). The standard InChI is InChI=1S/C25H30ClN3O6S/c1-17-13-28(14-18(2)34-17)15-19-3-12-24(25(30)29(31)16-19)27-36(32,33)23-10-8-22(9-11-23)35-21-6-4-20(26)5-7-21/h3-11,17-18,24,27,31H,12-16H2,1-2H3/t17?,18?,24-/m1/s1. The summed E-state index contributed by atoms with van der Waals surface area (Å²) in [5.74, 6) is 0.308. The molecule has 2 heterocycles. The number of hydrogen-bond donors (Lipinski definition) is 2. The SMILES string of the molecule is CC1CN(CC2=CC[C@@H](NS(=O)(=O)c3ccc(Oc4ccc(Cl)cc4)cc3)C(=O)N(O)C2)CC(C)O1. The molecule has 2 N–H and O–H groups in total. The smallest absolute Gasteiger partial charge is 0.264 e. The van der Waals surface area contributed by atoms with Gasteiger partial charge in [-0.05, 0) is 74.4 Å². The first-order valence-electron chi connectivity index (χ1n) is 11.7. The third-order valence-electron chi connectivity index (χ3n) is 5.95. The van der Waals surface area contributed by atoms with Gasteiger partial charge in [-0.3, -0.25) is 14.9 Å². The van der Waals surface area contributed by atoms with Crippen LogP contribution in [-0.4, -0.2) is 73.9 Å². The van der Waals surface area contributed by atoms with E-state index in [0.29, 0.717) is 28.1 Å². The van der Waals surface area contributed by atoms with Crippen LogP contribution >= 0.6 is 11.6 Å². The van der Waals surface area contributed by atoms with Crippen LogP contribution in [-0.2, 0) is 19.6 Å². The summed E-state index contributed by atoms with van der Waals surface area (Å²) in [5.41, 5.74) is 0.845. The summed E-state index contributed by atoms with van der Waals surface area (Å²) in [7, 11) is -4.02. The second-order valence-electron chi connectivity index (χ2n) is 9.15. The van der Waals surface area contributed by atoms with E-state index in [-0.39, 0.29) is 30.1 Å². The number of nitrogens with one attached hydrogen (secondary N) is 1. The average Bonchev–Trinajstić information content (AvgIpc) is 2.94. The average molecular weight is 536 g/mol. The summed E-state index contributed by atoms with van der Waals surface area (Å²) < 4.78 is 39.9. The quantitative estimate of drug-likeness (QED) is 0.413. The normalized spacial score (nSPS) is 23.8. The molecule has 1 saturated heterocycles. The topological polar surface area (TPSA) is 108 Å². The van der Waals surface area contributed by atoms with Crippen LogP contribution in [0.25, 0.3) is 0 Å². The number of benzene rings is 2. The Labute approximate surface area is 216 Å². The predicted molar refractivity (Wildman–Crippen MR) is 135 cm³/mol. The molecule has 0 saturated carbocycles. The van der Waals surface area contributed by atoms with Crippen molar-refractivity contribution in [3.8, 4) is 11.5 Å². The van der Waals surface area contributed by atoms with Gasteiger partial charge in [0.25, 0.3) is 5.91 Å². The van der Waals surface area contributed by atoms with Gasteiger partial charge in [0.05, 0.1) is 23.6 Å². The fourth-order valence-electron chi connectivity index (χ4n) is 4.39. The van der Waals surface area contributed by atoms with Crippen LogP contribution in [0.2, 0.25) is 5.02 Å². The molecule has 0 aliphatic carbocycles. The first-order valence-corrected chi connectivity index (χ1v) is 13.6. The van der Waals surface area contributed by atoms with E-state index in [1.54, 1.807) is 24.3 Å². The first-order chi connectivity index (χ1) is 17.1. The van der Waals surface area contributed by atoms with E-state index in [0.717, 1.165) is 18.7 Å². The fourth-order valence-corrected chi connectivity index (χ4v) is 5.72.